The molecule has 1 saturated heterocycles. The highest BCUT2D eigenvalue weighted by Gasteiger charge is 2.26. The Balaban J connectivity index is 2.03. The van der Waals surface area contributed by atoms with E-state index in [0.717, 1.165) is 22.9 Å². The number of rotatable bonds is 5. The second-order valence-corrected chi connectivity index (χ2v) is 5.92. The molecule has 20 heavy (non-hydrogen) atoms. The summed E-state index contributed by atoms with van der Waals surface area (Å²) >= 11 is 3.44. The standard InChI is InChI=1S/C15H20BrNO3/c16-14-3-1-2-12(10-14)11-17(6-7-18)15(19)13-4-8-20-9-5-13/h1-3,10,13,18H,4-9,11H2. The van der Waals surface area contributed by atoms with Crippen molar-refractivity contribution in [3.8, 4) is 0 Å². The Morgan fingerprint density at radius 1 is 1.40 bits per heavy atom. The van der Waals surface area contributed by atoms with Crippen LogP contribution < -0.4 is 0 Å². The number of hydrogen-bond donors (Lipinski definition) is 1. The van der Waals surface area contributed by atoms with Crippen LogP contribution in [0.15, 0.2) is 28.7 Å². The van der Waals surface area contributed by atoms with Gasteiger partial charge in [0.25, 0.3) is 0 Å². The number of amides is 1. The Morgan fingerprint density at radius 2 is 2.15 bits per heavy atom. The van der Waals surface area contributed by atoms with Crippen LogP contribution in [0.2, 0.25) is 0 Å². The van der Waals surface area contributed by atoms with E-state index in [1.165, 1.54) is 0 Å². The van der Waals surface area contributed by atoms with Crippen LogP contribution in [0.1, 0.15) is 18.4 Å². The van der Waals surface area contributed by atoms with Gasteiger partial charge in [-0.1, -0.05) is 28.1 Å². The van der Waals surface area contributed by atoms with Gasteiger partial charge in [0.05, 0.1) is 6.61 Å². The van der Waals surface area contributed by atoms with Gasteiger partial charge in [-0.2, -0.15) is 0 Å². The largest absolute Gasteiger partial charge is 0.395 e. The highest BCUT2D eigenvalue weighted by molar-refractivity contribution is 9.10. The molecule has 110 valence electrons. The fourth-order valence-corrected chi connectivity index (χ4v) is 2.89. The third-order valence-electron chi connectivity index (χ3n) is 3.51. The summed E-state index contributed by atoms with van der Waals surface area (Å²) in [6, 6.07) is 7.91. The zero-order chi connectivity index (χ0) is 14.4. The van der Waals surface area contributed by atoms with Crippen molar-refractivity contribution in [3.05, 3.63) is 34.3 Å². The first-order valence-corrected chi connectivity index (χ1v) is 7.72. The Kier molecular flexibility index (Phi) is 6.01. The number of aliphatic hydroxyl groups excluding tert-OH is 1. The summed E-state index contributed by atoms with van der Waals surface area (Å²) in [4.78, 5) is 14.3. The predicted molar refractivity (Wildman–Crippen MR) is 80.2 cm³/mol. The number of aliphatic hydroxyl groups is 1. The number of carbonyl (C=O) groups excluding carboxylic acids is 1. The molecule has 0 radical (unpaired) electrons. The van der Waals surface area contributed by atoms with E-state index in [0.29, 0.717) is 26.3 Å². The third-order valence-corrected chi connectivity index (χ3v) is 4.01. The molecule has 2 rings (SSSR count). The highest BCUT2D eigenvalue weighted by atomic mass is 79.9. The molecule has 0 atom stereocenters. The minimum absolute atomic E-state index is 0.0109. The third kappa shape index (κ3) is 4.30. The van der Waals surface area contributed by atoms with Gasteiger partial charge in [-0.3, -0.25) is 4.79 Å². The van der Waals surface area contributed by atoms with Crippen LogP contribution in [0.3, 0.4) is 0 Å². The Morgan fingerprint density at radius 3 is 2.80 bits per heavy atom. The van der Waals surface area contributed by atoms with Crippen molar-refractivity contribution in [2.24, 2.45) is 5.92 Å². The lowest BCUT2D eigenvalue weighted by Crippen LogP contribution is -2.39. The summed E-state index contributed by atoms with van der Waals surface area (Å²) in [5, 5.41) is 9.19. The van der Waals surface area contributed by atoms with Gasteiger partial charge in [0, 0.05) is 36.7 Å². The average molecular weight is 342 g/mol. The van der Waals surface area contributed by atoms with Crippen LogP contribution in [0.5, 0.6) is 0 Å². The molecule has 0 aliphatic carbocycles. The number of carbonyl (C=O) groups is 1. The molecule has 0 unspecified atom stereocenters. The van der Waals surface area contributed by atoms with Crippen molar-refractivity contribution in [3.63, 3.8) is 0 Å². The van der Waals surface area contributed by atoms with Gasteiger partial charge >= 0.3 is 0 Å². The maximum atomic E-state index is 12.5. The van der Waals surface area contributed by atoms with Crippen molar-refractivity contribution in [2.45, 2.75) is 19.4 Å². The van der Waals surface area contributed by atoms with E-state index < -0.39 is 0 Å². The number of ether oxygens (including phenoxy) is 1. The van der Waals surface area contributed by atoms with Gasteiger partial charge in [0.1, 0.15) is 0 Å². The monoisotopic (exact) mass is 341 g/mol. The van der Waals surface area contributed by atoms with E-state index in [4.69, 9.17) is 4.74 Å². The maximum absolute atomic E-state index is 12.5. The number of benzene rings is 1. The molecule has 0 saturated carbocycles. The van der Waals surface area contributed by atoms with E-state index in [1.54, 1.807) is 4.90 Å². The van der Waals surface area contributed by atoms with Crippen molar-refractivity contribution < 1.29 is 14.6 Å². The molecule has 5 heteroatoms. The molecule has 1 fully saturated rings. The molecule has 0 bridgehead atoms. The highest BCUT2D eigenvalue weighted by Crippen LogP contribution is 2.20. The SMILES string of the molecule is O=C(C1CCOCC1)N(CCO)Cc1cccc(Br)c1. The number of nitrogens with zero attached hydrogens (tertiary/aromatic N) is 1. The van der Waals surface area contributed by atoms with Gasteiger partial charge in [-0.05, 0) is 30.5 Å². The molecule has 4 nitrogen and oxygen atoms in total. The second-order valence-electron chi connectivity index (χ2n) is 5.00. The maximum Gasteiger partial charge on any atom is 0.226 e. The molecule has 1 aromatic carbocycles. The summed E-state index contributed by atoms with van der Waals surface area (Å²) in [5.41, 5.74) is 1.06. The minimum Gasteiger partial charge on any atom is -0.395 e. The lowest BCUT2D eigenvalue weighted by molar-refractivity contribution is -0.139. The Labute approximate surface area is 127 Å². The van der Waals surface area contributed by atoms with E-state index in [2.05, 4.69) is 15.9 Å². The summed E-state index contributed by atoms with van der Waals surface area (Å²) < 4.78 is 6.29. The van der Waals surface area contributed by atoms with E-state index >= 15 is 0 Å². The first-order valence-electron chi connectivity index (χ1n) is 6.92. The summed E-state index contributed by atoms with van der Waals surface area (Å²) in [7, 11) is 0. The summed E-state index contributed by atoms with van der Waals surface area (Å²) in [6.07, 6.45) is 1.55. The van der Waals surface area contributed by atoms with Crippen molar-refractivity contribution in [2.75, 3.05) is 26.4 Å². The first kappa shape index (κ1) is 15.5. The molecule has 0 aromatic heterocycles. The molecule has 1 aliphatic heterocycles. The van der Waals surface area contributed by atoms with Crippen molar-refractivity contribution in [1.29, 1.82) is 0 Å². The van der Waals surface area contributed by atoms with Crippen LogP contribution in [0.4, 0.5) is 0 Å². The number of hydrogen-bond acceptors (Lipinski definition) is 3. The van der Waals surface area contributed by atoms with Crippen LogP contribution >= 0.6 is 15.9 Å². The van der Waals surface area contributed by atoms with Gasteiger partial charge in [-0.15, -0.1) is 0 Å². The molecule has 1 heterocycles. The lowest BCUT2D eigenvalue weighted by Gasteiger charge is -2.29. The predicted octanol–water partition coefficient (Wildman–Crippen LogP) is 2.20. The smallest absolute Gasteiger partial charge is 0.226 e. The first-order chi connectivity index (χ1) is 9.70. The van der Waals surface area contributed by atoms with Crippen LogP contribution in [0.25, 0.3) is 0 Å². The second kappa shape index (κ2) is 7.76. The normalized spacial score (nSPS) is 16.1. The summed E-state index contributed by atoms with van der Waals surface area (Å²) in [6.45, 7) is 2.21. The van der Waals surface area contributed by atoms with Gasteiger partial charge in [0.15, 0.2) is 0 Å². The zero-order valence-electron chi connectivity index (χ0n) is 11.4. The molecule has 1 N–H and O–H groups in total. The van der Waals surface area contributed by atoms with E-state index in [-0.39, 0.29) is 18.4 Å². The lowest BCUT2D eigenvalue weighted by atomic mass is 9.98. The van der Waals surface area contributed by atoms with Gasteiger partial charge in [-0.25, -0.2) is 0 Å². The molecule has 1 aromatic rings. The fourth-order valence-electron chi connectivity index (χ4n) is 2.45. The van der Waals surface area contributed by atoms with Crippen LogP contribution in [0, 0.1) is 5.92 Å². The summed E-state index contributed by atoms with van der Waals surface area (Å²) in [5.74, 6) is 0.157. The quantitative estimate of drug-likeness (QED) is 0.893. The average Bonchev–Trinajstić information content (AvgIpc) is 2.47. The molecule has 1 aliphatic rings. The Hall–Kier alpha value is -0.910. The molecule has 1 amide bonds. The van der Waals surface area contributed by atoms with E-state index in [9.17, 15) is 9.90 Å². The Bertz CT molecular complexity index is 446. The molecular weight excluding hydrogens is 322 g/mol. The fraction of sp³-hybridized carbons (Fsp3) is 0.533. The van der Waals surface area contributed by atoms with Crippen molar-refractivity contribution in [1.82, 2.24) is 4.90 Å². The van der Waals surface area contributed by atoms with Crippen LogP contribution in [-0.2, 0) is 16.1 Å². The van der Waals surface area contributed by atoms with E-state index in [1.807, 2.05) is 24.3 Å². The van der Waals surface area contributed by atoms with Gasteiger partial charge in [0.2, 0.25) is 5.91 Å². The topological polar surface area (TPSA) is 49.8 Å². The van der Waals surface area contributed by atoms with Crippen LogP contribution in [-0.4, -0.2) is 42.3 Å². The molecular formula is C15H20BrNO3. The zero-order valence-corrected chi connectivity index (χ0v) is 13.0. The molecule has 0 spiro atoms. The van der Waals surface area contributed by atoms with Gasteiger partial charge < -0.3 is 14.7 Å². The minimum atomic E-state index is -0.0109. The van der Waals surface area contributed by atoms with Crippen molar-refractivity contribution >= 4 is 21.8 Å². The number of halogens is 1.